The van der Waals surface area contributed by atoms with E-state index < -0.39 is 0 Å². The highest BCUT2D eigenvalue weighted by Crippen LogP contribution is 2.45. The van der Waals surface area contributed by atoms with Crippen molar-refractivity contribution >= 4 is 53.3 Å². The molecule has 0 atom stereocenters. The number of aromatic nitrogens is 4. The number of rotatable bonds is 5. The molecule has 3 heterocycles. The summed E-state index contributed by atoms with van der Waals surface area (Å²) in [6.07, 6.45) is 0. The molecule has 3 aromatic heterocycles. The van der Waals surface area contributed by atoms with E-state index >= 15 is 0 Å². The van der Waals surface area contributed by atoms with Gasteiger partial charge in [0.2, 0.25) is 0 Å². The maximum absolute atomic E-state index is 5.22. The number of benzene rings is 7. The fourth-order valence-corrected chi connectivity index (χ4v) is 8.32. The minimum Gasteiger partial charge on any atom is -0.246 e. The second kappa shape index (κ2) is 12.1. The molecule has 0 aliphatic rings. The van der Waals surface area contributed by atoms with Crippen LogP contribution in [0.4, 0.5) is 0 Å². The fourth-order valence-electron chi connectivity index (χ4n) is 7.10. The number of para-hydroxylation sites is 1. The molecule has 238 valence electrons. The van der Waals surface area contributed by atoms with Gasteiger partial charge in [-0.25, -0.2) is 19.9 Å². The van der Waals surface area contributed by atoms with E-state index in [0.717, 1.165) is 49.8 Å². The Hall–Kier alpha value is -6.56. The Bertz CT molecular complexity index is 2850. The third kappa shape index (κ3) is 5.14. The summed E-state index contributed by atoms with van der Waals surface area (Å²) in [5.41, 5.74) is 9.31. The quantitative estimate of drug-likeness (QED) is 0.183. The topological polar surface area (TPSA) is 51.6 Å². The van der Waals surface area contributed by atoms with Crippen molar-refractivity contribution in [3.8, 4) is 56.4 Å². The zero-order valence-corrected chi connectivity index (χ0v) is 28.2. The minimum atomic E-state index is 0.622. The average molecular weight is 669 g/mol. The van der Waals surface area contributed by atoms with Gasteiger partial charge in [-0.05, 0) is 57.8 Å². The van der Waals surface area contributed by atoms with E-state index in [0.29, 0.717) is 17.5 Å². The minimum absolute atomic E-state index is 0.622. The van der Waals surface area contributed by atoms with Crippen LogP contribution in [0.15, 0.2) is 170 Å². The molecule has 10 rings (SSSR count). The third-order valence-electron chi connectivity index (χ3n) is 9.48. The molecule has 0 unspecified atom stereocenters. The lowest BCUT2D eigenvalue weighted by Gasteiger charge is -2.15. The maximum Gasteiger partial charge on any atom is 0.164 e. The SMILES string of the molecule is c1ccc(-c2nc(-c3ccccc3)nc(-c3cc(-c4cccc5ccccc45)cc(-c4c5ccccc5nc5c4sc4ccccc45)c3)n2)cc1. The first-order valence-corrected chi connectivity index (χ1v) is 17.8. The van der Waals surface area contributed by atoms with Gasteiger partial charge in [0.05, 0.1) is 15.7 Å². The van der Waals surface area contributed by atoms with Gasteiger partial charge in [0.15, 0.2) is 17.5 Å². The Kier molecular flexibility index (Phi) is 6.96. The highest BCUT2D eigenvalue weighted by molar-refractivity contribution is 7.26. The van der Waals surface area contributed by atoms with E-state index in [1.165, 1.54) is 31.1 Å². The second-order valence-corrected chi connectivity index (χ2v) is 13.7. The van der Waals surface area contributed by atoms with Crippen LogP contribution in [0.1, 0.15) is 0 Å². The summed E-state index contributed by atoms with van der Waals surface area (Å²) in [6.45, 7) is 0. The van der Waals surface area contributed by atoms with Crippen molar-refractivity contribution in [1.29, 1.82) is 0 Å². The summed E-state index contributed by atoms with van der Waals surface area (Å²) in [6, 6.07) is 59.2. The average Bonchev–Trinajstić information content (AvgIpc) is 3.58. The third-order valence-corrected chi connectivity index (χ3v) is 10.7. The predicted molar refractivity (Wildman–Crippen MR) is 213 cm³/mol. The number of nitrogens with zero attached hydrogens (tertiary/aromatic N) is 4. The van der Waals surface area contributed by atoms with E-state index in [-0.39, 0.29) is 0 Å². The molecule has 0 saturated heterocycles. The lowest BCUT2D eigenvalue weighted by atomic mass is 9.91. The van der Waals surface area contributed by atoms with Gasteiger partial charge >= 0.3 is 0 Å². The standard InChI is InChI=1S/C46H28N4S/c1-3-15-30(16-4-1)44-48-45(31-17-5-2-6-18-31)50-46(49-44)34-27-32(36-23-13-19-29-14-7-8-20-35(29)36)26-33(28-34)41-37-21-9-11-24-39(37)47-42-38-22-10-12-25-40(38)51-43(41)42/h1-28H. The summed E-state index contributed by atoms with van der Waals surface area (Å²) in [5, 5.41) is 4.68. The molecule has 5 heteroatoms. The predicted octanol–water partition coefficient (Wildman–Crippen LogP) is 12.3. The lowest BCUT2D eigenvalue weighted by molar-refractivity contribution is 1.07. The molecule has 0 radical (unpaired) electrons. The fraction of sp³-hybridized carbons (Fsp3) is 0. The van der Waals surface area contributed by atoms with E-state index in [9.17, 15) is 0 Å². The van der Waals surface area contributed by atoms with Gasteiger partial charge in [0.1, 0.15) is 0 Å². The molecule has 4 nitrogen and oxygen atoms in total. The van der Waals surface area contributed by atoms with E-state index in [1.54, 1.807) is 11.3 Å². The summed E-state index contributed by atoms with van der Waals surface area (Å²) < 4.78 is 2.39. The molecular weight excluding hydrogens is 641 g/mol. The Morgan fingerprint density at radius 1 is 0.373 bits per heavy atom. The number of hydrogen-bond donors (Lipinski definition) is 0. The van der Waals surface area contributed by atoms with Crippen molar-refractivity contribution in [2.75, 3.05) is 0 Å². The number of fused-ring (bicyclic) bond motifs is 5. The van der Waals surface area contributed by atoms with Gasteiger partial charge in [0.25, 0.3) is 0 Å². The van der Waals surface area contributed by atoms with Crippen LogP contribution in [0.2, 0.25) is 0 Å². The van der Waals surface area contributed by atoms with Crippen molar-refractivity contribution in [3.63, 3.8) is 0 Å². The molecule has 0 amide bonds. The van der Waals surface area contributed by atoms with Gasteiger partial charge in [-0.1, -0.05) is 140 Å². The van der Waals surface area contributed by atoms with Crippen LogP contribution < -0.4 is 0 Å². The highest BCUT2D eigenvalue weighted by atomic mass is 32.1. The molecule has 0 fully saturated rings. The van der Waals surface area contributed by atoms with Crippen molar-refractivity contribution in [1.82, 2.24) is 19.9 Å². The zero-order valence-electron chi connectivity index (χ0n) is 27.4. The molecule has 51 heavy (non-hydrogen) atoms. The van der Waals surface area contributed by atoms with E-state index in [1.807, 2.05) is 60.7 Å². The highest BCUT2D eigenvalue weighted by Gasteiger charge is 2.20. The molecule has 0 aliphatic heterocycles. The van der Waals surface area contributed by atoms with Crippen LogP contribution in [0.25, 0.3) is 98.4 Å². The summed E-state index contributed by atoms with van der Waals surface area (Å²) >= 11 is 1.80. The maximum atomic E-state index is 5.22. The Morgan fingerprint density at radius 3 is 1.67 bits per heavy atom. The molecule has 0 N–H and O–H groups in total. The van der Waals surface area contributed by atoms with Crippen molar-refractivity contribution in [3.05, 3.63) is 170 Å². The van der Waals surface area contributed by atoms with Crippen LogP contribution >= 0.6 is 11.3 Å². The Morgan fingerprint density at radius 2 is 0.922 bits per heavy atom. The van der Waals surface area contributed by atoms with Crippen LogP contribution in [0.3, 0.4) is 0 Å². The summed E-state index contributed by atoms with van der Waals surface area (Å²) in [5.74, 6) is 1.90. The molecule has 0 spiro atoms. The summed E-state index contributed by atoms with van der Waals surface area (Å²) in [7, 11) is 0. The van der Waals surface area contributed by atoms with Gasteiger partial charge in [-0.3, -0.25) is 0 Å². The van der Waals surface area contributed by atoms with Gasteiger partial charge in [0, 0.05) is 37.7 Å². The van der Waals surface area contributed by atoms with Crippen LogP contribution in [0.5, 0.6) is 0 Å². The number of hydrogen-bond acceptors (Lipinski definition) is 5. The first-order valence-electron chi connectivity index (χ1n) is 17.0. The molecule has 10 aromatic rings. The van der Waals surface area contributed by atoms with Crippen molar-refractivity contribution in [2.45, 2.75) is 0 Å². The largest absolute Gasteiger partial charge is 0.246 e. The van der Waals surface area contributed by atoms with Gasteiger partial charge < -0.3 is 0 Å². The Balaban J connectivity index is 1.31. The zero-order chi connectivity index (χ0) is 33.7. The second-order valence-electron chi connectivity index (χ2n) is 12.6. The van der Waals surface area contributed by atoms with Gasteiger partial charge in [-0.15, -0.1) is 11.3 Å². The molecule has 0 bridgehead atoms. The molecule has 7 aromatic carbocycles. The van der Waals surface area contributed by atoms with E-state index in [2.05, 4.69) is 109 Å². The monoisotopic (exact) mass is 668 g/mol. The van der Waals surface area contributed by atoms with E-state index in [4.69, 9.17) is 19.9 Å². The van der Waals surface area contributed by atoms with Crippen molar-refractivity contribution in [2.24, 2.45) is 0 Å². The molecule has 0 saturated carbocycles. The Labute approximate surface area is 298 Å². The number of thiophene rings is 1. The van der Waals surface area contributed by atoms with Gasteiger partial charge in [-0.2, -0.15) is 0 Å². The number of pyridine rings is 1. The van der Waals surface area contributed by atoms with Crippen LogP contribution in [-0.2, 0) is 0 Å². The first-order chi connectivity index (χ1) is 25.3. The van der Waals surface area contributed by atoms with Crippen LogP contribution in [-0.4, -0.2) is 19.9 Å². The molecular formula is C46H28N4S. The smallest absolute Gasteiger partial charge is 0.164 e. The van der Waals surface area contributed by atoms with Crippen LogP contribution in [0, 0.1) is 0 Å². The van der Waals surface area contributed by atoms with Crippen molar-refractivity contribution < 1.29 is 0 Å². The summed E-state index contributed by atoms with van der Waals surface area (Å²) in [4.78, 5) is 20.5. The lowest BCUT2D eigenvalue weighted by Crippen LogP contribution is -2.00. The normalized spacial score (nSPS) is 11.5. The first kappa shape index (κ1) is 29.4. The molecule has 0 aliphatic carbocycles.